The number of aromatic amines is 1. The fourth-order valence-corrected chi connectivity index (χ4v) is 19.7. The molecule has 4 atom stereocenters. The quantitative estimate of drug-likeness (QED) is 0.0314. The Kier molecular flexibility index (Phi) is 34.2. The summed E-state index contributed by atoms with van der Waals surface area (Å²) >= 11 is 0. The number of aromatic nitrogens is 2. The molecular weight excluding hydrogens is 1780 g/mol. The van der Waals surface area contributed by atoms with Crippen LogP contribution < -0.4 is 21.3 Å². The molecule has 5 fully saturated rings. The number of hydrogen-bond acceptors (Lipinski definition) is 9. The molecule has 0 radical (unpaired) electrons. The van der Waals surface area contributed by atoms with Crippen LogP contribution in [0.15, 0.2) is 278 Å². The van der Waals surface area contributed by atoms with Gasteiger partial charge in [0, 0.05) is 149 Å². The second-order valence-electron chi connectivity index (χ2n) is 36.1. The minimum Gasteiger partial charge on any atom is -0.317 e. The van der Waals surface area contributed by atoms with Gasteiger partial charge in [-0.05, 0) is 197 Å². The molecule has 0 spiro atoms. The van der Waals surface area contributed by atoms with Gasteiger partial charge in [-0.3, -0.25) is 14.9 Å². The summed E-state index contributed by atoms with van der Waals surface area (Å²) in [5.74, 6) is -1.23. The average Bonchev–Trinajstić information content (AvgIpc) is 0.928. The first-order valence-electron chi connectivity index (χ1n) is 46.9. The van der Waals surface area contributed by atoms with Gasteiger partial charge in [0.25, 0.3) is 0 Å². The minimum absolute atomic E-state index is 0.00183. The number of likely N-dealkylation sites (tertiary alicyclic amines) is 3. The smallest absolute Gasteiger partial charge is 0.317 e. The van der Waals surface area contributed by atoms with Crippen LogP contribution in [0, 0.1) is 5.82 Å². The van der Waals surface area contributed by atoms with Crippen molar-refractivity contribution in [3.63, 3.8) is 0 Å². The number of alkyl halides is 6. The number of anilines is 4. The maximum Gasteiger partial charge on any atom is 0.416 e. The third-order valence-electron chi connectivity index (χ3n) is 26.3. The molecule has 1 aromatic heterocycles. The van der Waals surface area contributed by atoms with Gasteiger partial charge in [-0.25, -0.2) is 23.6 Å². The summed E-state index contributed by atoms with van der Waals surface area (Å²) in [5.41, 5.74) is 5.96. The fourth-order valence-electron chi connectivity index (χ4n) is 19.0. The average molecular weight is 1900 g/mol. The maximum atomic E-state index is 14.3. The van der Waals surface area contributed by atoms with Gasteiger partial charge in [0.15, 0.2) is 0 Å². The lowest BCUT2D eigenvalue weighted by atomic mass is 9.94. The van der Waals surface area contributed by atoms with Crippen LogP contribution in [-0.2, 0) is 51.6 Å². The predicted molar refractivity (Wildman–Crippen MR) is 515 cm³/mol. The van der Waals surface area contributed by atoms with E-state index in [0.29, 0.717) is 56.6 Å². The van der Waals surface area contributed by atoms with Gasteiger partial charge in [-0.2, -0.15) is 31.4 Å². The normalized spacial score (nSPS) is 18.0. The lowest BCUT2D eigenvalue weighted by molar-refractivity contribution is -0.138. The zero-order valence-electron chi connectivity index (χ0n) is 77.1. The van der Waals surface area contributed by atoms with E-state index < -0.39 is 56.1 Å². The van der Waals surface area contributed by atoms with Crippen molar-refractivity contribution in [2.45, 2.75) is 222 Å². The Morgan fingerprint density at radius 1 is 0.404 bits per heavy atom. The molecule has 16 rings (SSSR count). The number of urea groups is 4. The summed E-state index contributed by atoms with van der Waals surface area (Å²) in [6, 6.07) is 75.2. The number of nitrogens with zero attached hydrogens (tertiary/aromatic N) is 9. The van der Waals surface area contributed by atoms with E-state index in [1.807, 2.05) is 137 Å². The summed E-state index contributed by atoms with van der Waals surface area (Å²) in [6.45, 7) is 17.4. The van der Waals surface area contributed by atoms with Crippen molar-refractivity contribution in [3.8, 4) is 0 Å². The van der Waals surface area contributed by atoms with Gasteiger partial charge in [0.05, 0.1) is 28.5 Å². The molecule has 726 valence electrons. The fraction of sp³-hybridized carbons (Fsp3) is 0.381. The zero-order valence-corrected chi connectivity index (χ0v) is 77.9. The van der Waals surface area contributed by atoms with E-state index in [1.165, 1.54) is 53.1 Å². The molecule has 31 heteroatoms. The van der Waals surface area contributed by atoms with E-state index >= 15 is 0 Å². The Labute approximate surface area is 788 Å². The van der Waals surface area contributed by atoms with Crippen molar-refractivity contribution in [2.24, 2.45) is 0 Å². The number of benzene rings is 10. The lowest BCUT2D eigenvalue weighted by Gasteiger charge is -2.43. The van der Waals surface area contributed by atoms with Crippen LogP contribution in [0.5, 0.6) is 0 Å². The predicted octanol–water partition coefficient (Wildman–Crippen LogP) is 26.8. The molecule has 0 aliphatic carbocycles. The molecule has 0 saturated carbocycles. The lowest BCUT2D eigenvalue weighted by Crippen LogP contribution is -2.52. The van der Waals surface area contributed by atoms with Crippen molar-refractivity contribution in [1.29, 1.82) is 0 Å². The molecule has 5 aliphatic rings. The van der Waals surface area contributed by atoms with E-state index in [2.05, 4.69) is 127 Å². The summed E-state index contributed by atoms with van der Waals surface area (Å²) in [4.78, 5) is 68.0. The van der Waals surface area contributed by atoms with E-state index in [-0.39, 0.29) is 78.4 Å². The first kappa shape index (κ1) is 102. The monoisotopic (exact) mass is 1900 g/mol. The SMILES string of the molecule is CCCC(C)N1CCC(N(Cc2ccccc2)C(=O)Nc2cc(S(F)(F)(F)(F)F)ccc2F)CC1.CCCC(C)N1CCC(N(Cc2ccccc2)C(=O)Nc2ccc3cn[nH]c3c2)CC1.O=C(Nc1cccc(C(F)(F)F)c1)N(Cc1ccccc1)C1CC2CCC(C1)N2Cc1ccccc1.O=C(Nc1cccc(C(F)(F)F)c1)N(Cc1ccccc1)C1CCN(Cc2ccccc2)CC1. The number of H-pyrrole nitrogens is 1. The standard InChI is InChI=1S/C29H30F3N3O.C27H28F3N3O.C25H33N5O.C24H31F6N3OS/c30-29(31,32)23-12-7-13-24(16-23)33-28(36)35(20-22-10-5-2-6-11-22)27-17-25-14-15-26(18-27)34(25)19-21-8-3-1-4-9-21;28-27(29,30)23-12-7-13-24(18-23)31-26(34)33(20-22-10-5-2-6-11-22)25-14-16-32(17-15-25)19-21-8-3-1-4-9-21;1-3-7-19(2)29-14-12-23(13-15-29)30(18-20-8-5-4-6-9-20)25(31)27-22-11-10-21-17-26-28-24(21)16-22;1-3-7-18(2)32-14-12-20(13-15-32)33(17-19-8-5-4-6-9-19)24(34)31-23-16-21(10-11-22(23)25)35(26,27,28,29)30/h1-13,16,25-27H,14-15,17-20H2,(H,33,36);1-13,18,25H,14-17,19-20H2,(H,31,34);4-6,8-11,16-17,19,23H,3,7,12-15,18H2,1-2H3,(H,26,28)(H,27,31);4-6,8-11,16,18,20H,3,7,12-15,17H2,1-2H3,(H,31,34). The molecule has 8 amide bonds. The molecule has 18 nitrogen and oxygen atoms in total. The van der Waals surface area contributed by atoms with Crippen molar-refractivity contribution in [1.82, 2.24) is 49.4 Å². The number of fused-ring (bicyclic) bond motifs is 3. The van der Waals surface area contributed by atoms with E-state index in [4.69, 9.17) is 0 Å². The number of nitrogens with one attached hydrogen (secondary N) is 5. The largest absolute Gasteiger partial charge is 0.416 e. The second-order valence-corrected chi connectivity index (χ2v) is 38.5. The molecular formula is C105H122F12N14O4S. The Hall–Kier alpha value is -11.9. The van der Waals surface area contributed by atoms with Gasteiger partial charge >= 0.3 is 46.7 Å². The van der Waals surface area contributed by atoms with Crippen LogP contribution in [0.3, 0.4) is 0 Å². The molecule has 5 saturated heterocycles. The zero-order chi connectivity index (χ0) is 96.6. The first-order valence-corrected chi connectivity index (χ1v) is 48.8. The highest BCUT2D eigenvalue weighted by molar-refractivity contribution is 8.45. The Bertz CT molecular complexity index is 5620. The highest BCUT2D eigenvalue weighted by Gasteiger charge is 2.65. The minimum atomic E-state index is -10.0. The van der Waals surface area contributed by atoms with Crippen LogP contribution >= 0.6 is 10.2 Å². The van der Waals surface area contributed by atoms with Crippen molar-refractivity contribution < 1.29 is 69.3 Å². The Morgan fingerprint density at radius 2 is 0.757 bits per heavy atom. The van der Waals surface area contributed by atoms with Gasteiger partial charge in [-0.15, -0.1) is 0 Å². The number of carbonyl (C=O) groups excluding carboxylic acids is 4. The maximum absolute atomic E-state index is 14.3. The highest BCUT2D eigenvalue weighted by Crippen LogP contribution is 3.02. The second kappa shape index (κ2) is 45.8. The summed E-state index contributed by atoms with van der Waals surface area (Å²) in [5, 5.41) is 18.8. The van der Waals surface area contributed by atoms with Gasteiger partial charge in [-0.1, -0.05) is 240 Å². The van der Waals surface area contributed by atoms with Gasteiger partial charge in [0.1, 0.15) is 10.7 Å². The van der Waals surface area contributed by atoms with Crippen LogP contribution in [0.1, 0.15) is 162 Å². The molecule has 10 aromatic carbocycles. The van der Waals surface area contributed by atoms with Crippen molar-refractivity contribution in [2.75, 3.05) is 60.5 Å². The van der Waals surface area contributed by atoms with Crippen LogP contribution in [-0.4, -0.2) is 161 Å². The molecule has 6 heterocycles. The highest BCUT2D eigenvalue weighted by atomic mass is 32.5. The number of carbonyl (C=O) groups is 4. The third-order valence-corrected chi connectivity index (χ3v) is 27.5. The first-order chi connectivity index (χ1) is 65.1. The number of amides is 8. The number of halogens is 12. The molecule has 2 bridgehead atoms. The molecule has 136 heavy (non-hydrogen) atoms. The van der Waals surface area contributed by atoms with Crippen molar-refractivity contribution in [3.05, 3.63) is 323 Å². The van der Waals surface area contributed by atoms with Crippen LogP contribution in [0.4, 0.5) is 92.1 Å². The molecule has 11 aromatic rings. The summed E-state index contributed by atoms with van der Waals surface area (Å²) in [6.07, 6.45) is 6.18. The van der Waals surface area contributed by atoms with Crippen LogP contribution in [0.2, 0.25) is 0 Å². The van der Waals surface area contributed by atoms with E-state index in [1.54, 1.807) is 35.4 Å². The number of piperidine rings is 4. The Balaban J connectivity index is 0.000000154. The van der Waals surface area contributed by atoms with Gasteiger partial charge in [0.2, 0.25) is 0 Å². The third kappa shape index (κ3) is 29.3. The Morgan fingerprint density at radius 3 is 1.13 bits per heavy atom. The number of hydrogen-bond donors (Lipinski definition) is 5. The number of rotatable bonds is 27. The van der Waals surface area contributed by atoms with Crippen LogP contribution in [0.25, 0.3) is 10.9 Å². The van der Waals surface area contributed by atoms with Gasteiger partial charge < -0.3 is 50.7 Å². The molecule has 5 N–H and O–H groups in total. The molecule has 5 aliphatic heterocycles. The van der Waals surface area contributed by atoms with E-state index in [9.17, 15) is 69.3 Å². The summed E-state index contributed by atoms with van der Waals surface area (Å²) < 4.78 is 159. The summed E-state index contributed by atoms with van der Waals surface area (Å²) in [7, 11) is -10.0. The van der Waals surface area contributed by atoms with E-state index in [0.717, 1.165) is 180 Å². The molecule has 4 unspecified atom stereocenters. The van der Waals surface area contributed by atoms with Crippen molar-refractivity contribution >= 4 is 68.0 Å². The topological polar surface area (TPSA) is 171 Å².